The second-order valence-electron chi connectivity index (χ2n) is 5.03. The molecule has 0 bridgehead atoms. The minimum atomic E-state index is 0.0693. The molecule has 5 heteroatoms. The molecule has 1 saturated carbocycles. The predicted octanol–water partition coefficient (Wildman–Crippen LogP) is 2.65. The molecule has 20 heavy (non-hydrogen) atoms. The molecule has 1 heterocycles. The number of aromatic nitrogens is 1. The first-order valence-corrected chi connectivity index (χ1v) is 6.82. The Bertz CT molecular complexity index is 649. The first-order chi connectivity index (χ1) is 9.78. The molecule has 104 valence electrons. The Morgan fingerprint density at radius 2 is 2.05 bits per heavy atom. The number of hydrogen-bond acceptors (Lipinski definition) is 4. The van der Waals surface area contributed by atoms with Gasteiger partial charge in [-0.05, 0) is 31.7 Å². The van der Waals surface area contributed by atoms with Crippen LogP contribution in [0.25, 0.3) is 10.9 Å². The molecule has 0 amide bonds. The normalized spacial score (nSPS) is 16.7. The zero-order chi connectivity index (χ0) is 13.9. The van der Waals surface area contributed by atoms with Gasteiger partial charge in [-0.1, -0.05) is 23.4 Å². The van der Waals surface area contributed by atoms with Gasteiger partial charge in [0.05, 0.1) is 5.52 Å². The fraction of sp³-hybridized carbons (Fsp3) is 0.333. The van der Waals surface area contributed by atoms with Crippen LogP contribution < -0.4 is 10.5 Å². The molecule has 5 nitrogen and oxygen atoms in total. The van der Waals surface area contributed by atoms with Crippen LogP contribution in [0.1, 0.15) is 31.2 Å². The molecule has 1 fully saturated rings. The van der Waals surface area contributed by atoms with Crippen molar-refractivity contribution in [2.75, 3.05) is 0 Å². The molecule has 0 spiro atoms. The van der Waals surface area contributed by atoms with Gasteiger partial charge in [0, 0.05) is 17.0 Å². The molecule has 0 atom stereocenters. The topological polar surface area (TPSA) is 80.7 Å². The molecule has 2 aromatic rings. The Morgan fingerprint density at radius 3 is 2.80 bits per heavy atom. The standard InChI is InChI=1S/C15H17N3O2/c16-15(18-19)12-9-14(20-10-5-1-2-6-10)17-13-8-4-3-7-11(12)13/h3-4,7-10,19H,1-2,5-6H2,(H2,16,18). The van der Waals surface area contributed by atoms with E-state index < -0.39 is 0 Å². The van der Waals surface area contributed by atoms with Crippen LogP contribution in [-0.4, -0.2) is 22.1 Å². The van der Waals surface area contributed by atoms with E-state index >= 15 is 0 Å². The zero-order valence-electron chi connectivity index (χ0n) is 11.1. The fourth-order valence-electron chi connectivity index (χ4n) is 2.65. The quantitative estimate of drug-likeness (QED) is 0.389. The number of nitrogens with two attached hydrogens (primary N) is 1. The van der Waals surface area contributed by atoms with E-state index in [9.17, 15) is 0 Å². The third kappa shape index (κ3) is 2.39. The highest BCUT2D eigenvalue weighted by Crippen LogP contribution is 2.26. The highest BCUT2D eigenvalue weighted by molar-refractivity contribution is 6.08. The number of para-hydroxylation sites is 1. The van der Waals surface area contributed by atoms with E-state index in [1.54, 1.807) is 6.07 Å². The maximum atomic E-state index is 8.92. The highest BCUT2D eigenvalue weighted by Gasteiger charge is 2.18. The summed E-state index contributed by atoms with van der Waals surface area (Å²) in [4.78, 5) is 4.50. The molecular weight excluding hydrogens is 254 g/mol. The molecule has 3 N–H and O–H groups in total. The van der Waals surface area contributed by atoms with E-state index in [2.05, 4.69) is 10.1 Å². The summed E-state index contributed by atoms with van der Waals surface area (Å²) in [6.45, 7) is 0. The van der Waals surface area contributed by atoms with Gasteiger partial charge in [0.2, 0.25) is 5.88 Å². The summed E-state index contributed by atoms with van der Waals surface area (Å²) >= 11 is 0. The van der Waals surface area contributed by atoms with Crippen LogP contribution in [-0.2, 0) is 0 Å². The molecule has 3 rings (SSSR count). The number of oxime groups is 1. The van der Waals surface area contributed by atoms with Crippen LogP contribution in [0.15, 0.2) is 35.5 Å². The van der Waals surface area contributed by atoms with Crippen LogP contribution in [0.5, 0.6) is 5.88 Å². The molecule has 0 unspecified atom stereocenters. The van der Waals surface area contributed by atoms with Gasteiger partial charge < -0.3 is 15.7 Å². The Balaban J connectivity index is 2.04. The third-order valence-corrected chi connectivity index (χ3v) is 3.67. The number of nitrogens with zero attached hydrogens (tertiary/aromatic N) is 2. The molecule has 1 aliphatic carbocycles. The van der Waals surface area contributed by atoms with E-state index in [-0.39, 0.29) is 11.9 Å². The molecule has 0 saturated heterocycles. The van der Waals surface area contributed by atoms with Gasteiger partial charge in [-0.25, -0.2) is 4.98 Å². The molecule has 1 aromatic heterocycles. The van der Waals surface area contributed by atoms with Gasteiger partial charge in [-0.2, -0.15) is 0 Å². The second-order valence-corrected chi connectivity index (χ2v) is 5.03. The SMILES string of the molecule is NC(=NO)c1cc(OC2CCCC2)nc2ccccc12. The van der Waals surface area contributed by atoms with Gasteiger partial charge >= 0.3 is 0 Å². The summed E-state index contributed by atoms with van der Waals surface area (Å²) in [5.74, 6) is 0.608. The van der Waals surface area contributed by atoms with Crippen molar-refractivity contribution in [3.05, 3.63) is 35.9 Å². The lowest BCUT2D eigenvalue weighted by atomic mass is 10.1. The van der Waals surface area contributed by atoms with Crippen LogP contribution in [0.3, 0.4) is 0 Å². The summed E-state index contributed by atoms with van der Waals surface area (Å²) in [5.41, 5.74) is 7.18. The summed E-state index contributed by atoms with van der Waals surface area (Å²) in [6.07, 6.45) is 4.75. The number of rotatable bonds is 3. The van der Waals surface area contributed by atoms with Gasteiger partial charge in [0.25, 0.3) is 0 Å². The summed E-state index contributed by atoms with van der Waals surface area (Å²) < 4.78 is 5.92. The number of pyridine rings is 1. The first-order valence-electron chi connectivity index (χ1n) is 6.82. The number of amidine groups is 1. The van der Waals surface area contributed by atoms with Gasteiger partial charge in [-0.3, -0.25) is 0 Å². The minimum Gasteiger partial charge on any atom is -0.474 e. The lowest BCUT2D eigenvalue weighted by Crippen LogP contribution is -2.16. The molecule has 1 aliphatic rings. The van der Waals surface area contributed by atoms with E-state index in [0.29, 0.717) is 11.4 Å². The Hall–Kier alpha value is -2.30. The van der Waals surface area contributed by atoms with E-state index in [0.717, 1.165) is 23.7 Å². The lowest BCUT2D eigenvalue weighted by molar-refractivity contribution is 0.202. The van der Waals surface area contributed by atoms with Crippen molar-refractivity contribution in [1.29, 1.82) is 0 Å². The maximum absolute atomic E-state index is 8.92. The molecule has 0 radical (unpaired) electrons. The number of ether oxygens (including phenoxy) is 1. The van der Waals surface area contributed by atoms with E-state index in [1.807, 2.05) is 24.3 Å². The van der Waals surface area contributed by atoms with Crippen LogP contribution in [0, 0.1) is 0 Å². The monoisotopic (exact) mass is 271 g/mol. The van der Waals surface area contributed by atoms with Crippen LogP contribution in [0.4, 0.5) is 0 Å². The number of fused-ring (bicyclic) bond motifs is 1. The van der Waals surface area contributed by atoms with Gasteiger partial charge in [0.15, 0.2) is 5.84 Å². The smallest absolute Gasteiger partial charge is 0.214 e. The van der Waals surface area contributed by atoms with E-state index in [4.69, 9.17) is 15.7 Å². The highest BCUT2D eigenvalue weighted by atomic mass is 16.5. The Labute approximate surface area is 117 Å². The lowest BCUT2D eigenvalue weighted by Gasteiger charge is -2.14. The fourth-order valence-corrected chi connectivity index (χ4v) is 2.65. The first kappa shape index (κ1) is 12.7. The minimum absolute atomic E-state index is 0.0693. The molecule has 1 aromatic carbocycles. The second kappa shape index (κ2) is 5.36. The van der Waals surface area contributed by atoms with Gasteiger partial charge in [-0.15, -0.1) is 0 Å². The van der Waals surface area contributed by atoms with Crippen molar-refractivity contribution in [3.63, 3.8) is 0 Å². The van der Waals surface area contributed by atoms with E-state index in [1.165, 1.54) is 12.8 Å². The summed E-state index contributed by atoms with van der Waals surface area (Å²) in [5, 5.41) is 12.9. The van der Waals surface area contributed by atoms with Crippen molar-refractivity contribution in [3.8, 4) is 5.88 Å². The largest absolute Gasteiger partial charge is 0.474 e. The van der Waals surface area contributed by atoms with Gasteiger partial charge in [0.1, 0.15) is 6.10 Å². The van der Waals surface area contributed by atoms with Crippen molar-refractivity contribution < 1.29 is 9.94 Å². The van der Waals surface area contributed by atoms with Crippen molar-refractivity contribution in [1.82, 2.24) is 4.98 Å². The van der Waals surface area contributed by atoms with Crippen molar-refractivity contribution >= 4 is 16.7 Å². The van der Waals surface area contributed by atoms with Crippen molar-refractivity contribution in [2.24, 2.45) is 10.9 Å². The maximum Gasteiger partial charge on any atom is 0.214 e. The Morgan fingerprint density at radius 1 is 1.30 bits per heavy atom. The summed E-state index contributed by atoms with van der Waals surface area (Å²) in [6, 6.07) is 9.34. The molecular formula is C15H17N3O2. The number of benzene rings is 1. The van der Waals surface area contributed by atoms with Crippen LogP contribution >= 0.6 is 0 Å². The van der Waals surface area contributed by atoms with Crippen LogP contribution in [0.2, 0.25) is 0 Å². The summed E-state index contributed by atoms with van der Waals surface area (Å²) in [7, 11) is 0. The zero-order valence-corrected chi connectivity index (χ0v) is 11.1. The average molecular weight is 271 g/mol. The third-order valence-electron chi connectivity index (χ3n) is 3.67. The van der Waals surface area contributed by atoms with Crippen molar-refractivity contribution in [2.45, 2.75) is 31.8 Å². The number of hydrogen-bond donors (Lipinski definition) is 2. The predicted molar refractivity (Wildman–Crippen MR) is 77.1 cm³/mol. The molecule has 0 aliphatic heterocycles. The average Bonchev–Trinajstić information content (AvgIpc) is 2.98. The Kier molecular flexibility index (Phi) is 3.41.